The fourth-order valence-corrected chi connectivity index (χ4v) is 4.64. The largest absolute Gasteiger partial charge is 0.497 e. The van der Waals surface area contributed by atoms with E-state index in [-0.39, 0.29) is 11.9 Å². The van der Waals surface area contributed by atoms with E-state index in [0.29, 0.717) is 24.5 Å². The first-order valence-electron chi connectivity index (χ1n) is 13.3. The van der Waals surface area contributed by atoms with Crippen molar-refractivity contribution >= 4 is 11.7 Å². The van der Waals surface area contributed by atoms with Crippen LogP contribution in [0.2, 0.25) is 0 Å². The summed E-state index contributed by atoms with van der Waals surface area (Å²) >= 11 is 0. The molecule has 0 heterocycles. The quantitative estimate of drug-likeness (QED) is 0.197. The minimum Gasteiger partial charge on any atom is -0.497 e. The van der Waals surface area contributed by atoms with E-state index in [1.807, 2.05) is 48.3 Å². The number of benzene rings is 3. The maximum absolute atomic E-state index is 13.5. The predicted molar refractivity (Wildman–Crippen MR) is 158 cm³/mol. The maximum Gasteiger partial charge on any atom is 0.322 e. The Morgan fingerprint density at radius 3 is 2.18 bits per heavy atom. The minimum atomic E-state index is -0.142. The van der Waals surface area contributed by atoms with Gasteiger partial charge in [-0.15, -0.1) is 0 Å². The maximum atomic E-state index is 13.5. The molecule has 0 saturated heterocycles. The number of hydrogen-bond acceptors (Lipinski definition) is 4. The van der Waals surface area contributed by atoms with Crippen LogP contribution in [0.4, 0.5) is 10.5 Å². The number of nitrogens with zero attached hydrogens (tertiary/aromatic N) is 2. The molecule has 0 bridgehead atoms. The van der Waals surface area contributed by atoms with Gasteiger partial charge in [-0.2, -0.15) is 0 Å². The van der Waals surface area contributed by atoms with Crippen molar-refractivity contribution < 1.29 is 9.53 Å². The summed E-state index contributed by atoms with van der Waals surface area (Å²) in [4.78, 5) is 17.7. The van der Waals surface area contributed by atoms with Crippen molar-refractivity contribution in [2.75, 3.05) is 59.2 Å². The molecule has 0 aliphatic rings. The SMILES string of the molecule is C=C(CN(C)CCCNC)CN(CCC(c1ccccc1)c1ccccc1)C(=O)Nc1cccc(OC)c1. The average molecular weight is 515 g/mol. The monoisotopic (exact) mass is 514 g/mol. The second kappa shape index (κ2) is 15.6. The van der Waals surface area contributed by atoms with Crippen LogP contribution in [0.1, 0.15) is 29.9 Å². The van der Waals surface area contributed by atoms with E-state index in [1.54, 1.807) is 7.11 Å². The molecule has 2 amide bonds. The van der Waals surface area contributed by atoms with Crippen LogP contribution in [0.3, 0.4) is 0 Å². The number of hydrogen-bond donors (Lipinski definition) is 2. The highest BCUT2D eigenvalue weighted by atomic mass is 16.5. The third-order valence-electron chi connectivity index (χ3n) is 6.57. The number of ether oxygens (including phenoxy) is 1. The van der Waals surface area contributed by atoms with Gasteiger partial charge in [-0.25, -0.2) is 4.79 Å². The molecule has 3 rings (SSSR count). The summed E-state index contributed by atoms with van der Waals surface area (Å²) in [7, 11) is 5.69. The highest BCUT2D eigenvalue weighted by Gasteiger charge is 2.20. The molecule has 0 aliphatic carbocycles. The Balaban J connectivity index is 1.75. The Kier molecular flexibility index (Phi) is 11.9. The van der Waals surface area contributed by atoms with Gasteiger partial charge in [0, 0.05) is 37.3 Å². The number of carbonyl (C=O) groups excluding carboxylic acids is 1. The van der Waals surface area contributed by atoms with Crippen LogP contribution in [0.15, 0.2) is 97.1 Å². The summed E-state index contributed by atoms with van der Waals surface area (Å²) in [5, 5.41) is 6.25. The Hall–Kier alpha value is -3.61. The topological polar surface area (TPSA) is 56.8 Å². The van der Waals surface area contributed by atoms with Gasteiger partial charge >= 0.3 is 6.03 Å². The third kappa shape index (κ3) is 9.36. The van der Waals surface area contributed by atoms with Crippen LogP contribution in [-0.2, 0) is 0 Å². The lowest BCUT2D eigenvalue weighted by Gasteiger charge is -2.28. The Morgan fingerprint density at radius 1 is 0.921 bits per heavy atom. The number of carbonyl (C=O) groups is 1. The van der Waals surface area contributed by atoms with Gasteiger partial charge in [-0.1, -0.05) is 73.3 Å². The van der Waals surface area contributed by atoms with Gasteiger partial charge in [0.05, 0.1) is 7.11 Å². The van der Waals surface area contributed by atoms with E-state index < -0.39 is 0 Å². The molecule has 202 valence electrons. The molecule has 0 radical (unpaired) electrons. The van der Waals surface area contributed by atoms with Crippen molar-refractivity contribution in [2.45, 2.75) is 18.8 Å². The molecule has 0 aromatic heterocycles. The zero-order valence-electron chi connectivity index (χ0n) is 23.0. The molecule has 6 heteroatoms. The number of urea groups is 1. The Labute approximate surface area is 228 Å². The predicted octanol–water partition coefficient (Wildman–Crippen LogP) is 5.85. The first-order chi connectivity index (χ1) is 18.5. The van der Waals surface area contributed by atoms with Gasteiger partial charge < -0.3 is 25.2 Å². The molecular weight excluding hydrogens is 472 g/mol. The van der Waals surface area contributed by atoms with E-state index in [2.05, 4.69) is 77.7 Å². The van der Waals surface area contributed by atoms with E-state index >= 15 is 0 Å². The number of methoxy groups -OCH3 is 1. The Bertz CT molecular complexity index is 1080. The number of likely N-dealkylation sites (N-methyl/N-ethyl adjacent to an activating group) is 1. The van der Waals surface area contributed by atoms with Crippen molar-refractivity contribution in [3.05, 3.63) is 108 Å². The van der Waals surface area contributed by atoms with Crippen LogP contribution in [0, 0.1) is 0 Å². The fraction of sp³-hybridized carbons (Fsp3) is 0.344. The normalized spacial score (nSPS) is 11.0. The lowest BCUT2D eigenvalue weighted by Crippen LogP contribution is -2.39. The molecular formula is C32H42N4O2. The highest BCUT2D eigenvalue weighted by Crippen LogP contribution is 2.28. The zero-order chi connectivity index (χ0) is 27.2. The van der Waals surface area contributed by atoms with Gasteiger partial charge in [0.1, 0.15) is 5.75 Å². The van der Waals surface area contributed by atoms with E-state index in [9.17, 15) is 4.79 Å². The first-order valence-corrected chi connectivity index (χ1v) is 13.3. The summed E-state index contributed by atoms with van der Waals surface area (Å²) in [6.07, 6.45) is 1.86. The zero-order valence-corrected chi connectivity index (χ0v) is 23.0. The van der Waals surface area contributed by atoms with Gasteiger partial charge in [-0.05, 0) is 68.9 Å². The smallest absolute Gasteiger partial charge is 0.322 e. The van der Waals surface area contributed by atoms with Gasteiger partial charge in [0.2, 0.25) is 0 Å². The van der Waals surface area contributed by atoms with Crippen molar-refractivity contribution in [1.29, 1.82) is 0 Å². The summed E-state index contributed by atoms with van der Waals surface area (Å²) < 4.78 is 5.33. The standard InChI is InChI=1S/C32H42N4O2/c1-26(24-35(3)21-12-20-33-2)25-36(32(37)34-29-17-11-18-30(23-29)38-4)22-19-31(27-13-7-5-8-14-27)28-15-9-6-10-16-28/h5-11,13-18,23,31,33H,1,12,19-22,24-25H2,2-4H3,(H,34,37). The molecule has 0 unspecified atom stereocenters. The minimum absolute atomic E-state index is 0.142. The van der Waals surface area contributed by atoms with E-state index in [1.165, 1.54) is 11.1 Å². The number of anilines is 1. The van der Waals surface area contributed by atoms with Gasteiger partial charge in [-0.3, -0.25) is 0 Å². The van der Waals surface area contributed by atoms with Crippen LogP contribution in [0.25, 0.3) is 0 Å². The van der Waals surface area contributed by atoms with E-state index in [4.69, 9.17) is 4.74 Å². The van der Waals surface area contributed by atoms with Crippen molar-refractivity contribution in [2.24, 2.45) is 0 Å². The van der Waals surface area contributed by atoms with Crippen LogP contribution in [-0.4, -0.2) is 69.8 Å². The summed E-state index contributed by atoms with van der Waals surface area (Å²) in [5.41, 5.74) is 4.20. The molecule has 38 heavy (non-hydrogen) atoms. The number of nitrogens with one attached hydrogen (secondary N) is 2. The van der Waals surface area contributed by atoms with Gasteiger partial charge in [0.15, 0.2) is 0 Å². The van der Waals surface area contributed by atoms with Crippen molar-refractivity contribution in [1.82, 2.24) is 15.1 Å². The molecule has 6 nitrogen and oxygen atoms in total. The van der Waals surface area contributed by atoms with Crippen LogP contribution >= 0.6 is 0 Å². The molecule has 3 aromatic carbocycles. The Morgan fingerprint density at radius 2 is 1.58 bits per heavy atom. The summed E-state index contributed by atoms with van der Waals surface area (Å²) in [5.74, 6) is 0.886. The van der Waals surface area contributed by atoms with Crippen molar-refractivity contribution in [3.63, 3.8) is 0 Å². The molecule has 2 N–H and O–H groups in total. The molecule has 0 fully saturated rings. The van der Waals surface area contributed by atoms with Gasteiger partial charge in [0.25, 0.3) is 0 Å². The number of amides is 2. The lowest BCUT2D eigenvalue weighted by molar-refractivity contribution is 0.213. The molecule has 0 aliphatic heterocycles. The average Bonchev–Trinajstić information content (AvgIpc) is 2.94. The molecule has 0 saturated carbocycles. The highest BCUT2D eigenvalue weighted by molar-refractivity contribution is 5.89. The second-order valence-electron chi connectivity index (χ2n) is 9.69. The molecule has 3 aromatic rings. The first kappa shape index (κ1) is 29.0. The van der Waals surface area contributed by atoms with Crippen LogP contribution < -0.4 is 15.4 Å². The lowest BCUT2D eigenvalue weighted by atomic mass is 9.88. The summed E-state index contributed by atoms with van der Waals surface area (Å²) in [6, 6.07) is 28.3. The van der Waals surface area contributed by atoms with Crippen LogP contribution in [0.5, 0.6) is 5.75 Å². The number of rotatable bonds is 15. The van der Waals surface area contributed by atoms with E-state index in [0.717, 1.165) is 38.0 Å². The van der Waals surface area contributed by atoms with Crippen molar-refractivity contribution in [3.8, 4) is 5.75 Å². The third-order valence-corrected chi connectivity index (χ3v) is 6.57. The fourth-order valence-electron chi connectivity index (χ4n) is 4.64. The summed E-state index contributed by atoms with van der Waals surface area (Å²) in [6.45, 7) is 8.10. The molecule has 0 atom stereocenters. The second-order valence-corrected chi connectivity index (χ2v) is 9.69. The molecule has 0 spiro atoms.